The Kier molecular flexibility index (Phi) is 3.16. The van der Waals surface area contributed by atoms with E-state index in [1.54, 1.807) is 19.1 Å². The summed E-state index contributed by atoms with van der Waals surface area (Å²) in [6, 6.07) is 6.37. The first-order chi connectivity index (χ1) is 6.39. The molecule has 0 aromatic heterocycles. The summed E-state index contributed by atoms with van der Waals surface area (Å²) >= 11 is 4.97. The highest BCUT2D eigenvalue weighted by Crippen LogP contribution is 2.23. The van der Waals surface area contributed by atoms with Gasteiger partial charge in [0.2, 0.25) is 5.17 Å². The highest BCUT2D eigenvalue weighted by molar-refractivity contribution is 6.67. The maximum Gasteiger partial charge on any atom is 0.444 e. The predicted octanol–water partition coefficient (Wildman–Crippen LogP) is 3.83. The molecule has 0 atom stereocenters. The van der Waals surface area contributed by atoms with Gasteiger partial charge in [-0.05, 0) is 24.6 Å². The Hall–Kier alpha value is -1.03. The van der Waals surface area contributed by atoms with E-state index >= 15 is 0 Å². The molecule has 5 heteroatoms. The van der Waals surface area contributed by atoms with E-state index < -0.39 is 11.3 Å². The van der Waals surface area contributed by atoms with Crippen LogP contribution in [-0.2, 0) is 0 Å². The van der Waals surface area contributed by atoms with Gasteiger partial charge in [-0.15, -0.1) is 0 Å². The van der Waals surface area contributed by atoms with Crippen molar-refractivity contribution in [2.45, 2.75) is 13.1 Å². The number of halogens is 4. The molecule has 0 N–H and O–H groups in total. The van der Waals surface area contributed by atoms with Gasteiger partial charge in [0, 0.05) is 0 Å². The van der Waals surface area contributed by atoms with Gasteiger partial charge in [0.25, 0.3) is 0 Å². The number of alkyl halides is 3. The van der Waals surface area contributed by atoms with Gasteiger partial charge in [-0.25, -0.2) is 4.99 Å². The Labute approximate surface area is 84.2 Å². The van der Waals surface area contributed by atoms with Gasteiger partial charge in [-0.2, -0.15) is 13.2 Å². The summed E-state index contributed by atoms with van der Waals surface area (Å²) in [5.41, 5.74) is 1.03. The Morgan fingerprint density at radius 2 is 2.00 bits per heavy atom. The molecule has 0 spiro atoms. The van der Waals surface area contributed by atoms with Crippen LogP contribution in [0.3, 0.4) is 0 Å². The van der Waals surface area contributed by atoms with Crippen molar-refractivity contribution >= 4 is 22.5 Å². The van der Waals surface area contributed by atoms with Gasteiger partial charge >= 0.3 is 6.18 Å². The van der Waals surface area contributed by atoms with Crippen LogP contribution in [0.2, 0.25) is 0 Å². The molecule has 0 unspecified atom stereocenters. The summed E-state index contributed by atoms with van der Waals surface area (Å²) < 4.78 is 35.9. The zero-order valence-electron chi connectivity index (χ0n) is 7.27. The Bertz CT molecular complexity index is 357. The molecule has 1 aromatic rings. The molecule has 1 rings (SSSR count). The molecule has 0 radical (unpaired) electrons. The Morgan fingerprint density at radius 3 is 2.50 bits per heavy atom. The van der Waals surface area contributed by atoms with Gasteiger partial charge < -0.3 is 0 Å². The lowest BCUT2D eigenvalue weighted by Gasteiger charge is -2.03. The lowest BCUT2D eigenvalue weighted by molar-refractivity contribution is -0.0558. The van der Waals surface area contributed by atoms with Crippen LogP contribution in [0.4, 0.5) is 18.9 Å². The average Bonchev–Trinajstić information content (AvgIpc) is 2.02. The van der Waals surface area contributed by atoms with E-state index in [-0.39, 0.29) is 5.69 Å². The lowest BCUT2D eigenvalue weighted by Crippen LogP contribution is -2.16. The molecule has 1 nitrogen and oxygen atoms in total. The Balaban J connectivity index is 2.98. The molecule has 0 saturated carbocycles. The molecule has 0 amide bonds. The van der Waals surface area contributed by atoms with Crippen LogP contribution in [0.1, 0.15) is 5.56 Å². The smallest absolute Gasteiger partial charge is 0.232 e. The zero-order chi connectivity index (χ0) is 10.8. The van der Waals surface area contributed by atoms with Crippen LogP contribution < -0.4 is 0 Å². The summed E-state index contributed by atoms with van der Waals surface area (Å²) in [6.45, 7) is 1.76. The number of aliphatic imine (C=N–C) groups is 1. The van der Waals surface area contributed by atoms with Crippen molar-refractivity contribution in [3.63, 3.8) is 0 Å². The number of aryl methyl sites for hydroxylation is 1. The number of benzene rings is 1. The van der Waals surface area contributed by atoms with Crippen molar-refractivity contribution < 1.29 is 13.2 Å². The van der Waals surface area contributed by atoms with Crippen LogP contribution in [0.5, 0.6) is 0 Å². The highest BCUT2D eigenvalue weighted by Gasteiger charge is 2.34. The third-order valence-corrected chi connectivity index (χ3v) is 1.76. The summed E-state index contributed by atoms with van der Waals surface area (Å²) in [4.78, 5) is 3.25. The molecule has 0 bridgehead atoms. The maximum absolute atomic E-state index is 12.0. The van der Waals surface area contributed by atoms with Crippen molar-refractivity contribution in [1.82, 2.24) is 0 Å². The Morgan fingerprint density at radius 1 is 1.36 bits per heavy atom. The van der Waals surface area contributed by atoms with Crippen LogP contribution in [0, 0.1) is 6.92 Å². The first-order valence-electron chi connectivity index (χ1n) is 3.77. The number of hydrogen-bond donors (Lipinski definition) is 0. The molecule has 14 heavy (non-hydrogen) atoms. The third kappa shape index (κ3) is 3.03. The molecule has 0 aliphatic carbocycles. The summed E-state index contributed by atoms with van der Waals surface area (Å²) in [6.07, 6.45) is -4.58. The minimum atomic E-state index is -4.58. The first-order valence-corrected chi connectivity index (χ1v) is 4.15. The summed E-state index contributed by atoms with van der Waals surface area (Å²) in [5, 5.41) is -1.36. The SMILES string of the molecule is Cc1cccc(N=C(Cl)C(F)(F)F)c1. The standard InChI is InChI=1S/C9H7ClF3N/c1-6-3-2-4-7(5-6)14-8(10)9(11,12)13/h2-5H,1H3. The van der Waals surface area contributed by atoms with Crippen molar-refractivity contribution in [2.75, 3.05) is 0 Å². The second kappa shape index (κ2) is 4.00. The topological polar surface area (TPSA) is 12.4 Å². The zero-order valence-corrected chi connectivity index (χ0v) is 8.02. The van der Waals surface area contributed by atoms with E-state index in [2.05, 4.69) is 4.99 Å². The van der Waals surface area contributed by atoms with Gasteiger partial charge in [-0.3, -0.25) is 0 Å². The monoisotopic (exact) mass is 221 g/mol. The van der Waals surface area contributed by atoms with Gasteiger partial charge in [0.1, 0.15) is 0 Å². The van der Waals surface area contributed by atoms with E-state index in [1.807, 2.05) is 0 Å². The van der Waals surface area contributed by atoms with E-state index in [0.29, 0.717) is 0 Å². The average molecular weight is 222 g/mol. The van der Waals surface area contributed by atoms with E-state index in [0.717, 1.165) is 5.56 Å². The van der Waals surface area contributed by atoms with Crippen LogP contribution in [0.25, 0.3) is 0 Å². The molecular weight excluding hydrogens is 215 g/mol. The molecule has 0 heterocycles. The molecule has 0 aliphatic rings. The van der Waals surface area contributed by atoms with Crippen LogP contribution in [-0.4, -0.2) is 11.3 Å². The van der Waals surface area contributed by atoms with Crippen molar-refractivity contribution in [3.8, 4) is 0 Å². The number of nitrogens with zero attached hydrogens (tertiary/aromatic N) is 1. The minimum Gasteiger partial charge on any atom is -0.232 e. The lowest BCUT2D eigenvalue weighted by atomic mass is 10.2. The summed E-state index contributed by atoms with van der Waals surface area (Å²) in [7, 11) is 0. The second-order valence-corrected chi connectivity index (χ2v) is 3.10. The number of rotatable bonds is 1. The minimum absolute atomic E-state index is 0.201. The maximum atomic E-state index is 12.0. The predicted molar refractivity (Wildman–Crippen MR) is 50.2 cm³/mol. The fraction of sp³-hybridized carbons (Fsp3) is 0.222. The van der Waals surface area contributed by atoms with Crippen LogP contribution >= 0.6 is 11.6 Å². The molecule has 1 aromatic carbocycles. The van der Waals surface area contributed by atoms with Gasteiger partial charge in [0.05, 0.1) is 5.69 Å². The molecule has 0 saturated heterocycles. The van der Waals surface area contributed by atoms with Gasteiger partial charge in [0.15, 0.2) is 0 Å². The van der Waals surface area contributed by atoms with Crippen molar-refractivity contribution in [2.24, 2.45) is 4.99 Å². The largest absolute Gasteiger partial charge is 0.444 e. The molecule has 76 valence electrons. The second-order valence-electron chi connectivity index (χ2n) is 2.74. The first kappa shape index (κ1) is 11.0. The number of hydrogen-bond acceptors (Lipinski definition) is 1. The molecule has 0 fully saturated rings. The third-order valence-electron chi connectivity index (χ3n) is 1.46. The van der Waals surface area contributed by atoms with Crippen molar-refractivity contribution in [3.05, 3.63) is 29.8 Å². The summed E-state index contributed by atoms with van der Waals surface area (Å²) in [5.74, 6) is 0. The fourth-order valence-electron chi connectivity index (χ4n) is 0.874. The quantitative estimate of drug-likeness (QED) is 0.639. The van der Waals surface area contributed by atoms with Gasteiger partial charge in [-0.1, -0.05) is 23.7 Å². The van der Waals surface area contributed by atoms with E-state index in [9.17, 15) is 13.2 Å². The molecule has 0 aliphatic heterocycles. The normalized spacial score (nSPS) is 13.1. The highest BCUT2D eigenvalue weighted by atomic mass is 35.5. The fourth-order valence-corrected chi connectivity index (χ4v) is 0.972. The van der Waals surface area contributed by atoms with Crippen molar-refractivity contribution in [1.29, 1.82) is 0 Å². The van der Waals surface area contributed by atoms with E-state index in [1.165, 1.54) is 12.1 Å². The molecular formula is C9H7ClF3N. The van der Waals surface area contributed by atoms with Crippen LogP contribution in [0.15, 0.2) is 29.3 Å². The van der Waals surface area contributed by atoms with E-state index in [4.69, 9.17) is 11.6 Å².